The molecule has 0 fully saturated rings. The Hall–Kier alpha value is -1.55. The number of nitrogens with zero attached hydrogens (tertiary/aromatic N) is 1. The van der Waals surface area contributed by atoms with Crippen molar-refractivity contribution in [1.82, 2.24) is 3.56 Å². The molecule has 3 aromatic rings. The third-order valence-electron chi connectivity index (χ3n) is 3.08. The van der Waals surface area contributed by atoms with Crippen LogP contribution in [0, 0.1) is 4.64 Å². The standard InChI is InChI=1S/C14H9NO2SSe/c18-14-10-6-7-11-12(17-8-16-11)13(10)19-15(14)9-4-2-1-3-5-9/h1-7H,8H2. The SMILES string of the molecule is S=c1c2ccc3c(c2[se]n1-c1ccccc1)OCO3. The predicted octanol–water partition coefficient (Wildman–Crippen LogP) is 3.15. The van der Waals surface area contributed by atoms with Gasteiger partial charge in [-0.15, -0.1) is 0 Å². The number of rotatable bonds is 1. The van der Waals surface area contributed by atoms with Crippen LogP contribution in [0.15, 0.2) is 42.5 Å². The van der Waals surface area contributed by atoms with Gasteiger partial charge in [0.25, 0.3) is 0 Å². The van der Waals surface area contributed by atoms with E-state index in [0.29, 0.717) is 6.79 Å². The van der Waals surface area contributed by atoms with Crippen molar-refractivity contribution in [2.75, 3.05) is 6.79 Å². The molecule has 0 unspecified atom stereocenters. The monoisotopic (exact) mass is 335 g/mol. The normalized spacial score (nSPS) is 13.1. The molecule has 4 rings (SSSR count). The molecule has 1 aliphatic rings. The van der Waals surface area contributed by atoms with Crippen LogP contribution in [0.5, 0.6) is 11.5 Å². The zero-order chi connectivity index (χ0) is 12.8. The Labute approximate surface area is 121 Å². The molecule has 5 heteroatoms. The van der Waals surface area contributed by atoms with Crippen LogP contribution in [-0.4, -0.2) is 25.1 Å². The second kappa shape index (κ2) is 4.23. The molecule has 0 atom stereocenters. The Balaban J connectivity index is 2.05. The number of fused-ring (bicyclic) bond motifs is 3. The van der Waals surface area contributed by atoms with Crippen molar-refractivity contribution in [2.45, 2.75) is 0 Å². The zero-order valence-electron chi connectivity index (χ0n) is 9.83. The van der Waals surface area contributed by atoms with E-state index >= 15 is 0 Å². The van der Waals surface area contributed by atoms with Gasteiger partial charge in [0.2, 0.25) is 0 Å². The van der Waals surface area contributed by atoms with Gasteiger partial charge in [-0.3, -0.25) is 0 Å². The summed E-state index contributed by atoms with van der Waals surface area (Å²) in [5.74, 6) is 1.71. The molecule has 94 valence electrons. The summed E-state index contributed by atoms with van der Waals surface area (Å²) in [6.45, 7) is 0.306. The summed E-state index contributed by atoms with van der Waals surface area (Å²) in [5.41, 5.74) is 1.14. The average Bonchev–Trinajstić information content (AvgIpc) is 3.04. The molecule has 1 aliphatic heterocycles. The summed E-state index contributed by atoms with van der Waals surface area (Å²) in [5, 5.41) is 1.10. The molecule has 19 heavy (non-hydrogen) atoms. The minimum absolute atomic E-state index is 0.104. The third kappa shape index (κ3) is 1.66. The molecule has 0 spiro atoms. The molecule has 0 aliphatic carbocycles. The van der Waals surface area contributed by atoms with E-state index in [-0.39, 0.29) is 14.7 Å². The average molecular weight is 334 g/mol. The van der Waals surface area contributed by atoms with Crippen LogP contribution in [-0.2, 0) is 0 Å². The molecule has 0 saturated heterocycles. The fraction of sp³-hybridized carbons (Fsp3) is 0.0714. The van der Waals surface area contributed by atoms with Crippen LogP contribution in [0.3, 0.4) is 0 Å². The van der Waals surface area contributed by atoms with Crippen molar-refractivity contribution in [1.29, 1.82) is 0 Å². The van der Waals surface area contributed by atoms with Gasteiger partial charge in [-0.05, 0) is 0 Å². The molecule has 0 radical (unpaired) electrons. The molecule has 3 nitrogen and oxygen atoms in total. The summed E-state index contributed by atoms with van der Waals surface area (Å²) in [6, 6.07) is 14.2. The number of aromatic nitrogens is 1. The molecule has 0 N–H and O–H groups in total. The topological polar surface area (TPSA) is 23.4 Å². The Morgan fingerprint density at radius 3 is 2.74 bits per heavy atom. The van der Waals surface area contributed by atoms with Gasteiger partial charge in [-0.1, -0.05) is 0 Å². The van der Waals surface area contributed by atoms with Gasteiger partial charge in [0, 0.05) is 0 Å². The van der Waals surface area contributed by atoms with E-state index in [2.05, 4.69) is 15.7 Å². The van der Waals surface area contributed by atoms with Crippen LogP contribution >= 0.6 is 12.2 Å². The number of hydrogen-bond acceptors (Lipinski definition) is 3. The second-order valence-corrected chi connectivity index (χ2v) is 6.59. The first-order valence-electron chi connectivity index (χ1n) is 5.85. The predicted molar refractivity (Wildman–Crippen MR) is 77.2 cm³/mol. The quantitative estimate of drug-likeness (QED) is 0.505. The summed E-state index contributed by atoms with van der Waals surface area (Å²) in [6.07, 6.45) is 0. The van der Waals surface area contributed by atoms with E-state index in [1.165, 1.54) is 4.26 Å². The number of ether oxygens (including phenoxy) is 2. The van der Waals surface area contributed by atoms with E-state index < -0.39 is 0 Å². The second-order valence-electron chi connectivity index (χ2n) is 4.20. The summed E-state index contributed by atoms with van der Waals surface area (Å²) < 4.78 is 15.3. The Bertz CT molecular complexity index is 823. The van der Waals surface area contributed by atoms with Crippen molar-refractivity contribution in [3.8, 4) is 17.2 Å². The van der Waals surface area contributed by atoms with E-state index in [4.69, 9.17) is 21.7 Å². The Kier molecular flexibility index (Phi) is 2.52. The van der Waals surface area contributed by atoms with Gasteiger partial charge >= 0.3 is 121 Å². The maximum atomic E-state index is 5.59. The minimum atomic E-state index is 0.104. The van der Waals surface area contributed by atoms with Crippen molar-refractivity contribution in [3.63, 3.8) is 0 Å². The molecular formula is C14H9NO2SSe. The molecule has 2 aromatic carbocycles. The van der Waals surface area contributed by atoms with Gasteiger partial charge < -0.3 is 0 Å². The van der Waals surface area contributed by atoms with Crippen molar-refractivity contribution >= 4 is 36.6 Å². The van der Waals surface area contributed by atoms with E-state index in [9.17, 15) is 0 Å². The molecule has 0 bridgehead atoms. The first-order valence-corrected chi connectivity index (χ1v) is 7.88. The summed E-state index contributed by atoms with van der Waals surface area (Å²) >= 11 is 5.70. The van der Waals surface area contributed by atoms with Crippen LogP contribution in [0.1, 0.15) is 0 Å². The van der Waals surface area contributed by atoms with Crippen LogP contribution in [0.2, 0.25) is 0 Å². The van der Waals surface area contributed by atoms with Crippen molar-refractivity contribution in [2.24, 2.45) is 0 Å². The van der Waals surface area contributed by atoms with Crippen molar-refractivity contribution in [3.05, 3.63) is 47.1 Å². The van der Waals surface area contributed by atoms with E-state index in [1.54, 1.807) is 0 Å². The first kappa shape index (κ1) is 11.3. The first-order chi connectivity index (χ1) is 9.34. The van der Waals surface area contributed by atoms with Gasteiger partial charge in [0.1, 0.15) is 0 Å². The fourth-order valence-corrected chi connectivity index (χ4v) is 5.10. The maximum absolute atomic E-state index is 5.59. The summed E-state index contributed by atoms with van der Waals surface area (Å²) in [4.78, 5) is 0. The van der Waals surface area contributed by atoms with Gasteiger partial charge in [-0.2, -0.15) is 0 Å². The Morgan fingerprint density at radius 1 is 1.05 bits per heavy atom. The summed E-state index contributed by atoms with van der Waals surface area (Å²) in [7, 11) is 0. The van der Waals surface area contributed by atoms with Crippen LogP contribution in [0.25, 0.3) is 15.3 Å². The number of hydrogen-bond donors (Lipinski definition) is 0. The number of para-hydroxylation sites is 1. The molecule has 0 amide bonds. The van der Waals surface area contributed by atoms with Crippen molar-refractivity contribution < 1.29 is 9.47 Å². The third-order valence-corrected chi connectivity index (χ3v) is 6.19. The van der Waals surface area contributed by atoms with E-state index in [0.717, 1.165) is 27.2 Å². The van der Waals surface area contributed by atoms with Gasteiger partial charge in [0.15, 0.2) is 0 Å². The van der Waals surface area contributed by atoms with Crippen LogP contribution in [0.4, 0.5) is 0 Å². The zero-order valence-corrected chi connectivity index (χ0v) is 12.4. The van der Waals surface area contributed by atoms with Gasteiger partial charge in [0.05, 0.1) is 0 Å². The van der Waals surface area contributed by atoms with E-state index in [1.807, 2.05) is 30.3 Å². The fourth-order valence-electron chi connectivity index (χ4n) is 2.18. The molecule has 2 heterocycles. The molecular weight excluding hydrogens is 325 g/mol. The van der Waals surface area contributed by atoms with Gasteiger partial charge in [-0.25, -0.2) is 0 Å². The van der Waals surface area contributed by atoms with Crippen LogP contribution < -0.4 is 9.47 Å². The molecule has 0 saturated carbocycles. The Morgan fingerprint density at radius 2 is 1.89 bits per heavy atom. The number of benzene rings is 2. The molecule has 1 aromatic heterocycles.